The van der Waals surface area contributed by atoms with E-state index in [4.69, 9.17) is 4.74 Å². The zero-order chi connectivity index (χ0) is 17.7. The summed E-state index contributed by atoms with van der Waals surface area (Å²) in [7, 11) is 0. The Hall–Kier alpha value is -2.40. The highest BCUT2D eigenvalue weighted by atomic mass is 16.5. The lowest BCUT2D eigenvalue weighted by Gasteiger charge is -2.18. The van der Waals surface area contributed by atoms with Crippen LogP contribution in [0.4, 0.5) is 0 Å². The molecule has 5 nitrogen and oxygen atoms in total. The van der Waals surface area contributed by atoms with Gasteiger partial charge in [0.15, 0.2) is 0 Å². The van der Waals surface area contributed by atoms with E-state index < -0.39 is 6.04 Å². The summed E-state index contributed by atoms with van der Waals surface area (Å²) in [4.78, 5) is 12.5. The van der Waals surface area contributed by atoms with Gasteiger partial charge in [0.1, 0.15) is 6.04 Å². The van der Waals surface area contributed by atoms with Crippen LogP contribution < -0.4 is 5.32 Å². The average Bonchev–Trinajstić information content (AvgIpc) is 2.84. The van der Waals surface area contributed by atoms with Crippen LogP contribution in [0.5, 0.6) is 0 Å². The van der Waals surface area contributed by atoms with E-state index in [1.807, 2.05) is 55.8 Å². The first-order chi connectivity index (χ1) is 11.5. The zero-order valence-electron chi connectivity index (χ0n) is 14.8. The lowest BCUT2D eigenvalue weighted by atomic mass is 10.0. The molecule has 2 rings (SSSR count). The van der Waals surface area contributed by atoms with Gasteiger partial charge in [0.25, 0.3) is 0 Å². The van der Waals surface area contributed by atoms with Crippen molar-refractivity contribution in [3.63, 3.8) is 0 Å². The molecule has 1 N–H and O–H groups in total. The average molecular weight is 327 g/mol. The van der Waals surface area contributed by atoms with Crippen LogP contribution in [-0.2, 0) is 9.53 Å². The van der Waals surface area contributed by atoms with Crippen molar-refractivity contribution >= 4 is 5.97 Å². The van der Waals surface area contributed by atoms with E-state index in [1.54, 1.807) is 6.92 Å². The second-order valence-electron chi connectivity index (χ2n) is 5.85. The van der Waals surface area contributed by atoms with Crippen molar-refractivity contribution in [2.24, 2.45) is 0 Å². The fourth-order valence-corrected chi connectivity index (χ4v) is 2.70. The molecule has 2 aromatic rings. The van der Waals surface area contributed by atoms with Crippen LogP contribution in [0.3, 0.4) is 0 Å². The van der Waals surface area contributed by atoms with E-state index in [9.17, 15) is 4.79 Å². The maximum absolute atomic E-state index is 12.5. The van der Waals surface area contributed by atoms with Crippen molar-refractivity contribution in [3.05, 3.63) is 59.4 Å². The molecule has 0 spiro atoms. The third-order valence-corrected chi connectivity index (χ3v) is 3.77. The number of para-hydroxylation sites is 1. The number of esters is 1. The molecular formula is C19H25N3O2. The molecule has 5 heteroatoms. The predicted molar refractivity (Wildman–Crippen MR) is 95.2 cm³/mol. The molecule has 0 saturated carbocycles. The highest BCUT2D eigenvalue weighted by Crippen LogP contribution is 2.25. The fourth-order valence-electron chi connectivity index (χ4n) is 2.70. The molecule has 0 fully saturated rings. The third kappa shape index (κ3) is 3.92. The van der Waals surface area contributed by atoms with Crippen LogP contribution in [0.15, 0.2) is 42.5 Å². The molecule has 128 valence electrons. The SMILES string of the molecule is C=C(C)CNC(C(=O)OCC)c1c(C)nn(-c2ccccc2)c1C. The monoisotopic (exact) mass is 327 g/mol. The van der Waals surface area contributed by atoms with Crippen LogP contribution in [0, 0.1) is 13.8 Å². The Bertz CT molecular complexity index is 720. The minimum absolute atomic E-state index is 0.294. The lowest BCUT2D eigenvalue weighted by molar-refractivity contribution is -0.145. The smallest absolute Gasteiger partial charge is 0.327 e. The Morgan fingerprint density at radius 1 is 1.33 bits per heavy atom. The second kappa shape index (κ2) is 7.93. The van der Waals surface area contributed by atoms with Gasteiger partial charge in [-0.05, 0) is 39.8 Å². The van der Waals surface area contributed by atoms with Crippen LogP contribution >= 0.6 is 0 Å². The van der Waals surface area contributed by atoms with Crippen LogP contribution in [-0.4, -0.2) is 28.9 Å². The van der Waals surface area contributed by atoms with Gasteiger partial charge >= 0.3 is 5.97 Å². The molecule has 0 aliphatic heterocycles. The van der Waals surface area contributed by atoms with Crippen molar-refractivity contribution in [1.82, 2.24) is 15.1 Å². The minimum Gasteiger partial charge on any atom is -0.465 e. The minimum atomic E-state index is -0.556. The zero-order valence-corrected chi connectivity index (χ0v) is 14.8. The molecule has 1 unspecified atom stereocenters. The molecule has 0 amide bonds. The Balaban J connectivity index is 2.44. The number of nitrogens with zero attached hydrogens (tertiary/aromatic N) is 2. The molecule has 1 aromatic heterocycles. The molecule has 1 atom stereocenters. The van der Waals surface area contributed by atoms with E-state index in [-0.39, 0.29) is 5.97 Å². The summed E-state index contributed by atoms with van der Waals surface area (Å²) in [5.74, 6) is -0.294. The van der Waals surface area contributed by atoms with Crippen molar-refractivity contribution in [2.45, 2.75) is 33.7 Å². The Labute approximate surface area is 143 Å². The van der Waals surface area contributed by atoms with Gasteiger partial charge in [-0.15, -0.1) is 0 Å². The molecule has 1 aromatic carbocycles. The number of benzene rings is 1. The van der Waals surface area contributed by atoms with E-state index >= 15 is 0 Å². The third-order valence-electron chi connectivity index (χ3n) is 3.77. The summed E-state index contributed by atoms with van der Waals surface area (Å²) in [5.41, 5.74) is 4.51. The summed E-state index contributed by atoms with van der Waals surface area (Å²) in [6.07, 6.45) is 0. The molecule has 0 aliphatic carbocycles. The number of nitrogens with one attached hydrogen (secondary N) is 1. The number of rotatable bonds is 7. The van der Waals surface area contributed by atoms with E-state index in [0.717, 1.165) is 28.2 Å². The number of ether oxygens (including phenoxy) is 1. The van der Waals surface area contributed by atoms with Gasteiger partial charge in [0.05, 0.1) is 18.0 Å². The summed E-state index contributed by atoms with van der Waals surface area (Å²) >= 11 is 0. The molecular weight excluding hydrogens is 302 g/mol. The summed E-state index contributed by atoms with van der Waals surface area (Å²) < 4.78 is 7.11. The molecule has 1 heterocycles. The predicted octanol–water partition coefficient (Wildman–Crippen LogP) is 3.26. The molecule has 0 saturated heterocycles. The fraction of sp³-hybridized carbons (Fsp3) is 0.368. The van der Waals surface area contributed by atoms with E-state index in [2.05, 4.69) is 17.0 Å². The number of hydrogen-bond donors (Lipinski definition) is 1. The van der Waals surface area contributed by atoms with Crippen molar-refractivity contribution < 1.29 is 9.53 Å². The quantitative estimate of drug-likeness (QED) is 0.626. The lowest BCUT2D eigenvalue weighted by Crippen LogP contribution is -2.32. The molecule has 24 heavy (non-hydrogen) atoms. The van der Waals surface area contributed by atoms with Crippen molar-refractivity contribution in [2.75, 3.05) is 13.2 Å². The van der Waals surface area contributed by atoms with Gasteiger partial charge in [-0.3, -0.25) is 5.32 Å². The first-order valence-electron chi connectivity index (χ1n) is 8.11. The Kier molecular flexibility index (Phi) is 5.93. The maximum Gasteiger partial charge on any atom is 0.327 e. The van der Waals surface area contributed by atoms with Crippen LogP contribution in [0.25, 0.3) is 5.69 Å². The Morgan fingerprint density at radius 2 is 2.00 bits per heavy atom. The number of aromatic nitrogens is 2. The van der Waals surface area contributed by atoms with E-state index in [1.165, 1.54) is 0 Å². The van der Waals surface area contributed by atoms with Gasteiger partial charge in [-0.1, -0.05) is 30.4 Å². The van der Waals surface area contributed by atoms with Gasteiger partial charge in [-0.2, -0.15) is 5.10 Å². The highest BCUT2D eigenvalue weighted by molar-refractivity contribution is 5.78. The molecule has 0 bridgehead atoms. The van der Waals surface area contributed by atoms with Gasteiger partial charge in [0, 0.05) is 17.8 Å². The molecule has 0 radical (unpaired) electrons. The van der Waals surface area contributed by atoms with Crippen molar-refractivity contribution in [1.29, 1.82) is 0 Å². The normalized spacial score (nSPS) is 12.0. The maximum atomic E-state index is 12.5. The highest BCUT2D eigenvalue weighted by Gasteiger charge is 2.28. The van der Waals surface area contributed by atoms with Gasteiger partial charge < -0.3 is 4.74 Å². The summed E-state index contributed by atoms with van der Waals surface area (Å²) in [5, 5.41) is 7.86. The van der Waals surface area contributed by atoms with Crippen LogP contribution in [0.1, 0.15) is 36.8 Å². The van der Waals surface area contributed by atoms with Crippen LogP contribution in [0.2, 0.25) is 0 Å². The Morgan fingerprint density at radius 3 is 2.58 bits per heavy atom. The standard InChI is InChI=1S/C19H25N3O2/c1-6-24-19(23)18(20-12-13(2)3)17-14(4)21-22(15(17)5)16-10-8-7-9-11-16/h7-11,18,20H,2,6,12H2,1,3-5H3. The summed E-state index contributed by atoms with van der Waals surface area (Å²) in [6.45, 7) is 12.4. The largest absolute Gasteiger partial charge is 0.465 e. The first-order valence-corrected chi connectivity index (χ1v) is 8.11. The summed E-state index contributed by atoms with van der Waals surface area (Å²) in [6, 6.07) is 9.32. The number of carbonyl (C=O) groups is 1. The number of aryl methyl sites for hydroxylation is 1. The second-order valence-corrected chi connectivity index (χ2v) is 5.85. The number of carbonyl (C=O) groups excluding carboxylic acids is 1. The van der Waals surface area contributed by atoms with Crippen molar-refractivity contribution in [3.8, 4) is 5.69 Å². The van der Waals surface area contributed by atoms with E-state index in [0.29, 0.717) is 13.2 Å². The van der Waals surface area contributed by atoms with Gasteiger partial charge in [-0.25, -0.2) is 9.48 Å². The van der Waals surface area contributed by atoms with Gasteiger partial charge in [0.2, 0.25) is 0 Å². The molecule has 0 aliphatic rings. The first kappa shape index (κ1) is 17.9. The topological polar surface area (TPSA) is 56.1 Å². The number of hydrogen-bond acceptors (Lipinski definition) is 4.